The van der Waals surface area contributed by atoms with Crippen LogP contribution in [0, 0.1) is 0 Å². The molecule has 45 heavy (non-hydrogen) atoms. The van der Waals surface area contributed by atoms with Crippen molar-refractivity contribution in [3.63, 3.8) is 0 Å². The number of rotatable bonds is 9. The van der Waals surface area contributed by atoms with Crippen LogP contribution in [0.1, 0.15) is 67.1 Å². The van der Waals surface area contributed by atoms with E-state index in [0.29, 0.717) is 36.3 Å². The quantitative estimate of drug-likeness (QED) is 0.270. The van der Waals surface area contributed by atoms with E-state index in [-0.39, 0.29) is 23.7 Å². The molecular formula is C31H32F6N4O4. The Morgan fingerprint density at radius 1 is 0.933 bits per heavy atom. The van der Waals surface area contributed by atoms with Crippen molar-refractivity contribution in [3.05, 3.63) is 71.0 Å². The summed E-state index contributed by atoms with van der Waals surface area (Å²) in [5.41, 5.74) is -0.307. The van der Waals surface area contributed by atoms with Crippen molar-refractivity contribution in [3.8, 4) is 11.5 Å². The summed E-state index contributed by atoms with van der Waals surface area (Å²) in [5, 5.41) is 6.78. The van der Waals surface area contributed by atoms with Gasteiger partial charge in [0.15, 0.2) is 5.69 Å². The molecule has 0 spiro atoms. The van der Waals surface area contributed by atoms with E-state index in [1.807, 2.05) is 0 Å². The first-order valence-corrected chi connectivity index (χ1v) is 14.6. The van der Waals surface area contributed by atoms with Crippen LogP contribution in [-0.2, 0) is 35.2 Å². The maximum Gasteiger partial charge on any atom is 0.573 e. The predicted octanol–water partition coefficient (Wildman–Crippen LogP) is 6.52. The van der Waals surface area contributed by atoms with Gasteiger partial charge in [0.2, 0.25) is 11.8 Å². The van der Waals surface area contributed by atoms with Crippen molar-refractivity contribution < 1.29 is 45.4 Å². The van der Waals surface area contributed by atoms with E-state index in [1.165, 1.54) is 19.2 Å². The summed E-state index contributed by atoms with van der Waals surface area (Å²) >= 11 is 0. The standard InChI is InChI=1S/C31H32F6N4O4/c1-44-22-14-10-19(11-15-22)27(29(43)38-20-6-2-3-7-20)41(21-12-16-23(17-13-21)45-31(35,36)37)26(42)18-40-25-9-5-4-8-24(25)28(39-40)30(32,33)34/h10-17,20,27H,2-9,18H2,1H3,(H,38,43)/t27-/m0/s1. The van der Waals surface area contributed by atoms with Crippen LogP contribution in [0.5, 0.6) is 11.5 Å². The molecule has 5 rings (SSSR count). The van der Waals surface area contributed by atoms with Crippen LogP contribution in [0.15, 0.2) is 48.5 Å². The van der Waals surface area contributed by atoms with Crippen molar-refractivity contribution in [2.24, 2.45) is 0 Å². The highest BCUT2D eigenvalue weighted by Gasteiger charge is 2.41. The van der Waals surface area contributed by atoms with Crippen LogP contribution < -0.4 is 19.7 Å². The molecule has 0 aliphatic heterocycles. The van der Waals surface area contributed by atoms with Crippen LogP contribution in [-0.4, -0.2) is 41.1 Å². The van der Waals surface area contributed by atoms with Crippen LogP contribution in [0.2, 0.25) is 0 Å². The second-order valence-electron chi connectivity index (χ2n) is 11.1. The number of hydrogen-bond acceptors (Lipinski definition) is 5. The van der Waals surface area contributed by atoms with E-state index in [4.69, 9.17) is 4.74 Å². The van der Waals surface area contributed by atoms with E-state index in [1.54, 1.807) is 24.3 Å². The summed E-state index contributed by atoms with van der Waals surface area (Å²) in [7, 11) is 1.46. The smallest absolute Gasteiger partial charge is 0.497 e. The van der Waals surface area contributed by atoms with Gasteiger partial charge in [-0.15, -0.1) is 13.2 Å². The van der Waals surface area contributed by atoms with Crippen molar-refractivity contribution in [2.75, 3.05) is 12.0 Å². The summed E-state index contributed by atoms with van der Waals surface area (Å²) < 4.78 is 90.5. The minimum absolute atomic E-state index is 0.0361. The summed E-state index contributed by atoms with van der Waals surface area (Å²) in [6, 6.07) is 9.25. The molecule has 8 nitrogen and oxygen atoms in total. The summed E-state index contributed by atoms with van der Waals surface area (Å²) in [5.74, 6) is -1.41. The maximum absolute atomic E-state index is 14.2. The minimum Gasteiger partial charge on any atom is -0.497 e. The molecule has 1 saturated carbocycles. The molecule has 3 aromatic rings. The molecule has 2 amide bonds. The molecule has 1 atom stereocenters. The minimum atomic E-state index is -4.96. The monoisotopic (exact) mass is 638 g/mol. The average molecular weight is 639 g/mol. The number of hydrogen-bond donors (Lipinski definition) is 1. The third-order valence-corrected chi connectivity index (χ3v) is 8.07. The van der Waals surface area contributed by atoms with Gasteiger partial charge in [-0.25, -0.2) is 0 Å². The van der Waals surface area contributed by atoms with Gasteiger partial charge in [-0.2, -0.15) is 18.3 Å². The van der Waals surface area contributed by atoms with Crippen molar-refractivity contribution >= 4 is 17.5 Å². The zero-order valence-corrected chi connectivity index (χ0v) is 24.4. The lowest BCUT2D eigenvalue weighted by Crippen LogP contribution is -2.47. The number of amides is 2. The number of nitrogens with one attached hydrogen (secondary N) is 1. The fourth-order valence-corrected chi connectivity index (χ4v) is 6.03. The molecule has 2 aromatic carbocycles. The predicted molar refractivity (Wildman–Crippen MR) is 151 cm³/mol. The second kappa shape index (κ2) is 13.0. The molecule has 242 valence electrons. The summed E-state index contributed by atoms with van der Waals surface area (Å²) in [6.45, 7) is -0.636. The Bertz CT molecular complexity index is 1500. The molecule has 1 N–H and O–H groups in total. The molecule has 1 fully saturated rings. The zero-order valence-electron chi connectivity index (χ0n) is 24.4. The molecule has 0 bridgehead atoms. The molecule has 0 unspecified atom stereocenters. The highest BCUT2D eigenvalue weighted by atomic mass is 19.4. The second-order valence-corrected chi connectivity index (χ2v) is 11.1. The Hall–Kier alpha value is -4.23. The number of nitrogens with zero attached hydrogens (tertiary/aromatic N) is 3. The van der Waals surface area contributed by atoms with E-state index in [0.717, 1.165) is 47.4 Å². The zero-order chi connectivity index (χ0) is 32.4. The van der Waals surface area contributed by atoms with Crippen molar-refractivity contribution in [2.45, 2.75) is 82.5 Å². The Labute approximate surface area is 255 Å². The largest absolute Gasteiger partial charge is 0.573 e. The van der Waals surface area contributed by atoms with Crippen molar-refractivity contribution in [1.29, 1.82) is 0 Å². The number of methoxy groups -OCH3 is 1. The van der Waals surface area contributed by atoms with Gasteiger partial charge >= 0.3 is 12.5 Å². The first kappa shape index (κ1) is 32.2. The number of carbonyl (C=O) groups is 2. The lowest BCUT2D eigenvalue weighted by atomic mass is 9.95. The molecular weight excluding hydrogens is 606 g/mol. The Morgan fingerprint density at radius 2 is 1.56 bits per heavy atom. The molecule has 14 heteroatoms. The highest BCUT2D eigenvalue weighted by molar-refractivity contribution is 6.01. The molecule has 0 saturated heterocycles. The number of halogens is 6. The molecule has 2 aliphatic rings. The van der Waals surface area contributed by atoms with Crippen LogP contribution in [0.3, 0.4) is 0 Å². The lowest BCUT2D eigenvalue weighted by molar-refractivity contribution is -0.274. The van der Waals surface area contributed by atoms with E-state index >= 15 is 0 Å². The Kier molecular flexibility index (Phi) is 9.31. The number of alkyl halides is 6. The first-order chi connectivity index (χ1) is 21.3. The Morgan fingerprint density at radius 3 is 2.16 bits per heavy atom. The number of benzene rings is 2. The number of fused-ring (bicyclic) bond motifs is 1. The number of ether oxygens (including phenoxy) is 2. The molecule has 1 heterocycles. The van der Waals surface area contributed by atoms with Gasteiger partial charge in [0.25, 0.3) is 0 Å². The molecule has 2 aliphatic carbocycles. The summed E-state index contributed by atoms with van der Waals surface area (Å²) in [4.78, 5) is 29.3. The number of aromatic nitrogens is 2. The van der Waals surface area contributed by atoms with Gasteiger partial charge in [0.05, 0.1) is 7.11 Å². The van der Waals surface area contributed by atoms with E-state index < -0.39 is 48.4 Å². The first-order valence-electron chi connectivity index (χ1n) is 14.6. The Balaban J connectivity index is 1.58. The average Bonchev–Trinajstić information content (AvgIpc) is 3.64. The van der Waals surface area contributed by atoms with E-state index in [2.05, 4.69) is 15.2 Å². The fraction of sp³-hybridized carbons (Fsp3) is 0.452. The van der Waals surface area contributed by atoms with Crippen LogP contribution >= 0.6 is 0 Å². The van der Waals surface area contributed by atoms with Gasteiger partial charge in [0, 0.05) is 23.0 Å². The highest BCUT2D eigenvalue weighted by Crippen LogP contribution is 2.37. The number of anilines is 1. The fourth-order valence-electron chi connectivity index (χ4n) is 6.03. The topological polar surface area (TPSA) is 85.7 Å². The normalized spacial score (nSPS) is 16.2. The number of carbonyl (C=O) groups excluding carboxylic acids is 2. The van der Waals surface area contributed by atoms with Gasteiger partial charge in [-0.05, 0) is 80.5 Å². The SMILES string of the molecule is COc1ccc([C@@H](C(=O)NC2CCCC2)N(C(=O)Cn2nc(C(F)(F)F)c3c2CCCC3)c2ccc(OC(F)(F)F)cc2)cc1. The van der Waals surface area contributed by atoms with Gasteiger partial charge < -0.3 is 14.8 Å². The van der Waals surface area contributed by atoms with Crippen LogP contribution in [0.25, 0.3) is 0 Å². The van der Waals surface area contributed by atoms with Gasteiger partial charge in [-0.1, -0.05) is 25.0 Å². The van der Waals surface area contributed by atoms with E-state index in [9.17, 15) is 35.9 Å². The lowest BCUT2D eigenvalue weighted by Gasteiger charge is -2.33. The molecule has 1 aromatic heterocycles. The third-order valence-electron chi connectivity index (χ3n) is 8.07. The third kappa shape index (κ3) is 7.54. The summed E-state index contributed by atoms with van der Waals surface area (Å²) in [6.07, 6.45) is -4.77. The molecule has 0 radical (unpaired) electrons. The van der Waals surface area contributed by atoms with Crippen LogP contribution in [0.4, 0.5) is 32.0 Å². The van der Waals surface area contributed by atoms with Gasteiger partial charge in [-0.3, -0.25) is 19.2 Å². The van der Waals surface area contributed by atoms with Crippen molar-refractivity contribution in [1.82, 2.24) is 15.1 Å². The van der Waals surface area contributed by atoms with Gasteiger partial charge in [0.1, 0.15) is 24.1 Å². The maximum atomic E-state index is 14.2.